The van der Waals surface area contributed by atoms with Gasteiger partial charge in [-0.3, -0.25) is 4.79 Å². The highest BCUT2D eigenvalue weighted by atomic mass is 35.5. The summed E-state index contributed by atoms with van der Waals surface area (Å²) < 4.78 is 0. The number of carboxylic acid groups (broad SMARTS) is 1. The maximum Gasteiger partial charge on any atom is 0.326 e. The predicted octanol–water partition coefficient (Wildman–Crippen LogP) is 3.10. The molecular formula is C17H24ClN3O4. The number of carbonyl (C=O) groups is 3. The van der Waals surface area contributed by atoms with Crippen LogP contribution in [0.2, 0.25) is 5.02 Å². The van der Waals surface area contributed by atoms with Crippen LogP contribution >= 0.6 is 11.6 Å². The highest BCUT2D eigenvalue weighted by molar-refractivity contribution is 6.34. The average Bonchev–Trinajstić information content (AvgIpc) is 2.43. The second-order valence-electron chi connectivity index (χ2n) is 7.06. The lowest BCUT2D eigenvalue weighted by Gasteiger charge is -2.21. The Kier molecular flexibility index (Phi) is 6.81. The lowest BCUT2D eigenvalue weighted by atomic mass is 10.0. The maximum absolute atomic E-state index is 12.4. The number of urea groups is 1. The molecule has 1 aromatic carbocycles. The van der Waals surface area contributed by atoms with Gasteiger partial charge in [0.25, 0.3) is 5.91 Å². The molecule has 0 spiro atoms. The Morgan fingerprint density at radius 1 is 1.16 bits per heavy atom. The van der Waals surface area contributed by atoms with Gasteiger partial charge in [0.05, 0.1) is 10.6 Å². The maximum atomic E-state index is 12.4. The zero-order chi connectivity index (χ0) is 19.4. The molecule has 0 aliphatic heterocycles. The second kappa shape index (κ2) is 8.20. The molecule has 1 aromatic rings. The van der Waals surface area contributed by atoms with E-state index in [0.717, 1.165) is 0 Å². The second-order valence-corrected chi connectivity index (χ2v) is 7.46. The van der Waals surface area contributed by atoms with E-state index in [1.165, 1.54) is 12.1 Å². The molecule has 0 heterocycles. The minimum Gasteiger partial charge on any atom is -0.480 e. The number of aliphatic carboxylic acids is 1. The number of carboxylic acids is 1. The molecule has 0 saturated carbocycles. The summed E-state index contributed by atoms with van der Waals surface area (Å²) in [5, 5.41) is 17.1. The number of halogens is 1. The fourth-order valence-electron chi connectivity index (χ4n) is 2.01. The molecule has 0 radical (unpaired) electrons. The minimum atomic E-state index is -1.13. The van der Waals surface area contributed by atoms with E-state index in [9.17, 15) is 19.5 Å². The van der Waals surface area contributed by atoms with E-state index in [1.807, 2.05) is 20.8 Å². The van der Waals surface area contributed by atoms with Crippen molar-refractivity contribution in [3.05, 3.63) is 28.8 Å². The van der Waals surface area contributed by atoms with E-state index in [0.29, 0.717) is 5.69 Å². The molecule has 4 N–H and O–H groups in total. The zero-order valence-corrected chi connectivity index (χ0v) is 15.7. The van der Waals surface area contributed by atoms with E-state index in [1.54, 1.807) is 19.9 Å². The number of hydrogen-bond acceptors (Lipinski definition) is 3. The fourth-order valence-corrected chi connectivity index (χ4v) is 2.22. The Balaban J connectivity index is 2.95. The number of rotatable bonds is 5. The van der Waals surface area contributed by atoms with Gasteiger partial charge in [0.2, 0.25) is 0 Å². The van der Waals surface area contributed by atoms with Crippen LogP contribution in [0, 0.1) is 5.92 Å². The molecule has 8 heteroatoms. The van der Waals surface area contributed by atoms with Crippen LogP contribution in [0.5, 0.6) is 0 Å². The van der Waals surface area contributed by atoms with Crippen molar-refractivity contribution in [2.45, 2.75) is 46.2 Å². The summed E-state index contributed by atoms with van der Waals surface area (Å²) in [5.74, 6) is -2.04. The van der Waals surface area contributed by atoms with Crippen LogP contribution in [0.25, 0.3) is 0 Å². The van der Waals surface area contributed by atoms with Gasteiger partial charge in [0.15, 0.2) is 0 Å². The topological polar surface area (TPSA) is 108 Å². The number of amides is 3. The van der Waals surface area contributed by atoms with Gasteiger partial charge in [-0.25, -0.2) is 9.59 Å². The summed E-state index contributed by atoms with van der Waals surface area (Å²) in [6, 6.07) is 2.96. The van der Waals surface area contributed by atoms with E-state index < -0.39 is 29.5 Å². The largest absolute Gasteiger partial charge is 0.480 e. The first kappa shape index (κ1) is 20.8. The van der Waals surface area contributed by atoms with Crippen molar-refractivity contribution in [1.29, 1.82) is 0 Å². The molecule has 25 heavy (non-hydrogen) atoms. The van der Waals surface area contributed by atoms with Crippen molar-refractivity contribution in [1.82, 2.24) is 10.6 Å². The van der Waals surface area contributed by atoms with Crippen molar-refractivity contribution in [2.24, 2.45) is 5.92 Å². The van der Waals surface area contributed by atoms with E-state index in [-0.39, 0.29) is 16.5 Å². The highest BCUT2D eigenvalue weighted by Crippen LogP contribution is 2.21. The molecular weight excluding hydrogens is 346 g/mol. The van der Waals surface area contributed by atoms with Gasteiger partial charge in [0.1, 0.15) is 6.04 Å². The fraction of sp³-hybridized carbons (Fsp3) is 0.471. The van der Waals surface area contributed by atoms with Crippen molar-refractivity contribution in [2.75, 3.05) is 5.32 Å². The van der Waals surface area contributed by atoms with Gasteiger partial charge in [-0.2, -0.15) is 0 Å². The Hall–Kier alpha value is -2.28. The lowest BCUT2D eigenvalue weighted by Crippen LogP contribution is -2.44. The quantitative estimate of drug-likeness (QED) is 0.639. The van der Waals surface area contributed by atoms with Gasteiger partial charge < -0.3 is 21.1 Å². The molecule has 0 aromatic heterocycles. The summed E-state index contributed by atoms with van der Waals surface area (Å²) in [7, 11) is 0. The summed E-state index contributed by atoms with van der Waals surface area (Å²) in [4.78, 5) is 35.5. The Labute approximate surface area is 152 Å². The van der Waals surface area contributed by atoms with Crippen LogP contribution in [0.15, 0.2) is 18.2 Å². The van der Waals surface area contributed by atoms with Crippen LogP contribution in [0.1, 0.15) is 45.0 Å². The lowest BCUT2D eigenvalue weighted by molar-refractivity contribution is -0.140. The molecule has 0 fully saturated rings. The van der Waals surface area contributed by atoms with Crippen molar-refractivity contribution >= 4 is 35.2 Å². The summed E-state index contributed by atoms with van der Waals surface area (Å²) in [6.07, 6.45) is 0. The molecule has 0 aliphatic rings. The molecule has 1 rings (SSSR count). The number of carbonyl (C=O) groups excluding carboxylic acids is 2. The Bertz CT molecular complexity index is 668. The molecule has 0 saturated heterocycles. The van der Waals surface area contributed by atoms with Crippen LogP contribution < -0.4 is 16.0 Å². The average molecular weight is 370 g/mol. The van der Waals surface area contributed by atoms with Crippen LogP contribution in [-0.4, -0.2) is 34.6 Å². The standard InChI is InChI=1S/C17H24ClN3O4/c1-9(2)13(15(23)24)20-14(22)11-8-10(6-7-12(11)18)19-16(25)21-17(3,4)5/h6-9,13H,1-5H3,(H,20,22)(H,23,24)(H2,19,21,25). The van der Waals surface area contributed by atoms with Gasteiger partial charge in [-0.05, 0) is 44.9 Å². The predicted molar refractivity (Wildman–Crippen MR) is 97.1 cm³/mol. The highest BCUT2D eigenvalue weighted by Gasteiger charge is 2.25. The van der Waals surface area contributed by atoms with Crippen LogP contribution in [0.3, 0.4) is 0 Å². The SMILES string of the molecule is CC(C)C(NC(=O)c1cc(NC(=O)NC(C)(C)C)ccc1Cl)C(=O)O. The first-order chi connectivity index (χ1) is 11.4. The summed E-state index contributed by atoms with van der Waals surface area (Å²) >= 11 is 6.04. The summed E-state index contributed by atoms with van der Waals surface area (Å²) in [6.45, 7) is 8.90. The summed E-state index contributed by atoms with van der Waals surface area (Å²) in [5.41, 5.74) is 0.0396. The first-order valence-corrected chi connectivity index (χ1v) is 8.21. The van der Waals surface area contributed by atoms with E-state index >= 15 is 0 Å². The normalized spacial score (nSPS) is 12.4. The molecule has 3 amide bonds. The zero-order valence-electron chi connectivity index (χ0n) is 14.9. The van der Waals surface area contributed by atoms with Crippen LogP contribution in [-0.2, 0) is 4.79 Å². The minimum absolute atomic E-state index is 0.0853. The number of nitrogens with one attached hydrogen (secondary N) is 3. The van der Waals surface area contributed by atoms with E-state index in [2.05, 4.69) is 16.0 Å². The molecule has 1 atom stereocenters. The third-order valence-corrected chi connectivity index (χ3v) is 3.51. The van der Waals surface area contributed by atoms with Gasteiger partial charge in [-0.1, -0.05) is 25.4 Å². The molecule has 0 aliphatic carbocycles. The van der Waals surface area contributed by atoms with Gasteiger partial charge in [-0.15, -0.1) is 0 Å². The Morgan fingerprint density at radius 2 is 1.76 bits per heavy atom. The molecule has 138 valence electrons. The third kappa shape index (κ3) is 6.62. The monoisotopic (exact) mass is 369 g/mol. The number of benzene rings is 1. The Morgan fingerprint density at radius 3 is 2.24 bits per heavy atom. The number of anilines is 1. The van der Waals surface area contributed by atoms with Crippen molar-refractivity contribution in [3.8, 4) is 0 Å². The molecule has 7 nitrogen and oxygen atoms in total. The number of hydrogen-bond donors (Lipinski definition) is 4. The third-order valence-electron chi connectivity index (χ3n) is 3.18. The van der Waals surface area contributed by atoms with Crippen molar-refractivity contribution in [3.63, 3.8) is 0 Å². The smallest absolute Gasteiger partial charge is 0.326 e. The van der Waals surface area contributed by atoms with E-state index in [4.69, 9.17) is 11.6 Å². The molecule has 1 unspecified atom stereocenters. The molecule has 0 bridgehead atoms. The van der Waals surface area contributed by atoms with Gasteiger partial charge >= 0.3 is 12.0 Å². The van der Waals surface area contributed by atoms with Gasteiger partial charge in [0, 0.05) is 11.2 Å². The first-order valence-electron chi connectivity index (χ1n) is 7.83. The van der Waals surface area contributed by atoms with Crippen molar-refractivity contribution < 1.29 is 19.5 Å². The van der Waals surface area contributed by atoms with Crippen LogP contribution in [0.4, 0.5) is 10.5 Å².